The Morgan fingerprint density at radius 2 is 2.38 bits per heavy atom. The van der Waals surface area contributed by atoms with E-state index in [0.717, 1.165) is 10.6 Å². The highest BCUT2D eigenvalue weighted by atomic mass is 35.5. The van der Waals surface area contributed by atoms with Gasteiger partial charge in [0.1, 0.15) is 5.03 Å². The number of halogens is 1. The highest BCUT2D eigenvalue weighted by Gasteiger charge is 2.09. The van der Waals surface area contributed by atoms with Crippen LogP contribution in [0.25, 0.3) is 0 Å². The molecule has 5 heteroatoms. The van der Waals surface area contributed by atoms with Crippen molar-refractivity contribution in [1.82, 2.24) is 4.98 Å². The Balaban J connectivity index is 3.13. The molecule has 0 fully saturated rings. The molecule has 1 rings (SSSR count). The number of pyridine rings is 1. The van der Waals surface area contributed by atoms with Crippen molar-refractivity contribution in [2.75, 3.05) is 18.6 Å². The van der Waals surface area contributed by atoms with Crippen molar-refractivity contribution in [3.63, 3.8) is 0 Å². The first-order chi connectivity index (χ1) is 6.20. The number of aromatic nitrogens is 1. The molecule has 0 bridgehead atoms. The van der Waals surface area contributed by atoms with E-state index >= 15 is 0 Å². The van der Waals surface area contributed by atoms with E-state index in [1.54, 1.807) is 6.20 Å². The summed E-state index contributed by atoms with van der Waals surface area (Å²) in [5.41, 5.74) is 6.98. The molecule has 0 unspecified atom stereocenters. The molecule has 1 aromatic heterocycles. The molecular weight excluding hydrogens is 208 g/mol. The van der Waals surface area contributed by atoms with Gasteiger partial charge in [0.05, 0.1) is 16.9 Å². The molecule has 1 aromatic rings. The van der Waals surface area contributed by atoms with Gasteiger partial charge in [0.25, 0.3) is 0 Å². The van der Waals surface area contributed by atoms with Gasteiger partial charge >= 0.3 is 0 Å². The summed E-state index contributed by atoms with van der Waals surface area (Å²) in [6.45, 7) is 0.0434. The van der Waals surface area contributed by atoms with E-state index in [1.807, 2.05) is 6.26 Å². The van der Waals surface area contributed by atoms with Gasteiger partial charge in [-0.2, -0.15) is 0 Å². The fourth-order valence-corrected chi connectivity index (χ4v) is 1.97. The van der Waals surface area contributed by atoms with Crippen LogP contribution in [0.1, 0.15) is 5.56 Å². The molecule has 0 aromatic carbocycles. The third-order valence-electron chi connectivity index (χ3n) is 1.68. The normalized spacial score (nSPS) is 10.4. The summed E-state index contributed by atoms with van der Waals surface area (Å²) in [6, 6.07) is 0. The van der Waals surface area contributed by atoms with Crippen LogP contribution in [-0.4, -0.2) is 23.0 Å². The molecule has 0 amide bonds. The monoisotopic (exact) mass is 218 g/mol. The maximum Gasteiger partial charge on any atom is 0.115 e. The lowest BCUT2D eigenvalue weighted by atomic mass is 10.2. The maximum atomic E-state index is 8.79. The zero-order chi connectivity index (χ0) is 9.84. The van der Waals surface area contributed by atoms with Crippen molar-refractivity contribution >= 4 is 29.1 Å². The second kappa shape index (κ2) is 4.69. The second-order valence-corrected chi connectivity index (χ2v) is 3.66. The summed E-state index contributed by atoms with van der Waals surface area (Å²) in [6.07, 6.45) is 3.94. The second-order valence-electron chi connectivity index (χ2n) is 2.49. The molecule has 13 heavy (non-hydrogen) atoms. The number of rotatable bonds is 3. The SMILES string of the molecule is CSc1ncc(N)c(CCO)c1Cl. The Hall–Kier alpha value is -0.450. The van der Waals surface area contributed by atoms with Gasteiger partial charge in [0.2, 0.25) is 0 Å². The molecule has 0 aliphatic rings. The van der Waals surface area contributed by atoms with Crippen LogP contribution >= 0.6 is 23.4 Å². The molecule has 0 radical (unpaired) electrons. The molecule has 0 saturated heterocycles. The third-order valence-corrected chi connectivity index (χ3v) is 2.89. The van der Waals surface area contributed by atoms with Crippen LogP contribution in [-0.2, 0) is 6.42 Å². The molecule has 0 spiro atoms. The average Bonchev–Trinajstić information content (AvgIpc) is 2.12. The minimum Gasteiger partial charge on any atom is -0.397 e. The predicted octanol–water partition coefficient (Wildman–Crippen LogP) is 1.57. The Bertz CT molecular complexity index is 306. The van der Waals surface area contributed by atoms with E-state index in [9.17, 15) is 0 Å². The Morgan fingerprint density at radius 1 is 1.69 bits per heavy atom. The van der Waals surface area contributed by atoms with E-state index < -0.39 is 0 Å². The van der Waals surface area contributed by atoms with Crippen LogP contribution in [0.5, 0.6) is 0 Å². The van der Waals surface area contributed by atoms with E-state index in [1.165, 1.54) is 11.8 Å². The molecule has 72 valence electrons. The van der Waals surface area contributed by atoms with Gasteiger partial charge < -0.3 is 10.8 Å². The smallest absolute Gasteiger partial charge is 0.115 e. The lowest BCUT2D eigenvalue weighted by molar-refractivity contribution is 0.299. The average molecular weight is 219 g/mol. The number of anilines is 1. The van der Waals surface area contributed by atoms with Crippen LogP contribution in [0.3, 0.4) is 0 Å². The van der Waals surface area contributed by atoms with Crippen molar-refractivity contribution in [2.24, 2.45) is 0 Å². The number of aliphatic hydroxyl groups is 1. The van der Waals surface area contributed by atoms with Gasteiger partial charge in [-0.15, -0.1) is 11.8 Å². The van der Waals surface area contributed by atoms with Crippen molar-refractivity contribution in [1.29, 1.82) is 0 Å². The van der Waals surface area contributed by atoms with E-state index in [2.05, 4.69) is 4.98 Å². The van der Waals surface area contributed by atoms with Gasteiger partial charge in [0, 0.05) is 12.2 Å². The Labute approximate surface area is 86.3 Å². The number of nitrogens with two attached hydrogens (primary N) is 1. The lowest BCUT2D eigenvalue weighted by Crippen LogP contribution is -2.01. The summed E-state index contributed by atoms with van der Waals surface area (Å²) >= 11 is 7.48. The molecule has 3 N–H and O–H groups in total. The molecule has 0 aliphatic carbocycles. The van der Waals surface area contributed by atoms with Crippen LogP contribution in [0, 0.1) is 0 Å². The number of hydrogen-bond acceptors (Lipinski definition) is 4. The lowest BCUT2D eigenvalue weighted by Gasteiger charge is -2.08. The quantitative estimate of drug-likeness (QED) is 0.757. The van der Waals surface area contributed by atoms with Crippen molar-refractivity contribution in [3.05, 3.63) is 16.8 Å². The van der Waals surface area contributed by atoms with Crippen LogP contribution in [0.4, 0.5) is 5.69 Å². The minimum absolute atomic E-state index is 0.0434. The highest BCUT2D eigenvalue weighted by Crippen LogP contribution is 2.30. The van der Waals surface area contributed by atoms with Gasteiger partial charge in [-0.3, -0.25) is 0 Å². The summed E-state index contributed by atoms with van der Waals surface area (Å²) in [5.74, 6) is 0. The fraction of sp³-hybridized carbons (Fsp3) is 0.375. The van der Waals surface area contributed by atoms with Crippen LogP contribution in [0.2, 0.25) is 5.02 Å². The zero-order valence-electron chi connectivity index (χ0n) is 7.25. The van der Waals surface area contributed by atoms with Crippen molar-refractivity contribution in [3.8, 4) is 0 Å². The molecule has 0 atom stereocenters. The first-order valence-corrected chi connectivity index (χ1v) is 5.38. The number of hydrogen-bond donors (Lipinski definition) is 2. The number of thioether (sulfide) groups is 1. The first kappa shape index (κ1) is 10.6. The number of nitrogens with zero attached hydrogens (tertiary/aromatic N) is 1. The van der Waals surface area contributed by atoms with Gasteiger partial charge in [0.15, 0.2) is 0 Å². The summed E-state index contributed by atoms with van der Waals surface area (Å²) in [4.78, 5) is 4.06. The van der Waals surface area contributed by atoms with Crippen molar-refractivity contribution < 1.29 is 5.11 Å². The van der Waals surface area contributed by atoms with Crippen LogP contribution in [0.15, 0.2) is 11.2 Å². The molecule has 0 aliphatic heterocycles. The van der Waals surface area contributed by atoms with Crippen molar-refractivity contribution in [2.45, 2.75) is 11.4 Å². The maximum absolute atomic E-state index is 8.79. The topological polar surface area (TPSA) is 59.1 Å². The third kappa shape index (κ3) is 2.27. The van der Waals surface area contributed by atoms with Gasteiger partial charge in [-0.05, 0) is 12.7 Å². The standard InChI is InChI=1S/C8H11ClN2OS/c1-13-8-7(9)5(2-3-12)6(10)4-11-8/h4,12H,2-3,10H2,1H3. The van der Waals surface area contributed by atoms with Gasteiger partial charge in [-0.25, -0.2) is 4.98 Å². The van der Waals surface area contributed by atoms with E-state index in [4.69, 9.17) is 22.4 Å². The molecule has 1 heterocycles. The highest BCUT2D eigenvalue weighted by molar-refractivity contribution is 7.98. The Morgan fingerprint density at radius 3 is 2.92 bits per heavy atom. The molecular formula is C8H11ClN2OS. The minimum atomic E-state index is 0.0434. The summed E-state index contributed by atoms with van der Waals surface area (Å²) in [5, 5.41) is 10.1. The zero-order valence-corrected chi connectivity index (χ0v) is 8.82. The fourth-order valence-electron chi connectivity index (χ4n) is 1.03. The van der Waals surface area contributed by atoms with Crippen LogP contribution < -0.4 is 5.73 Å². The Kier molecular flexibility index (Phi) is 3.84. The van der Waals surface area contributed by atoms with E-state index in [-0.39, 0.29) is 6.61 Å². The van der Waals surface area contributed by atoms with E-state index in [0.29, 0.717) is 17.1 Å². The largest absolute Gasteiger partial charge is 0.397 e. The molecule has 3 nitrogen and oxygen atoms in total. The number of nitrogen functional groups attached to an aromatic ring is 1. The summed E-state index contributed by atoms with van der Waals surface area (Å²) in [7, 11) is 0. The number of aliphatic hydroxyl groups excluding tert-OH is 1. The molecule has 0 saturated carbocycles. The van der Waals surface area contributed by atoms with Gasteiger partial charge in [-0.1, -0.05) is 11.6 Å². The summed E-state index contributed by atoms with van der Waals surface area (Å²) < 4.78 is 0. The first-order valence-electron chi connectivity index (χ1n) is 3.78. The predicted molar refractivity (Wildman–Crippen MR) is 56.2 cm³/mol.